The van der Waals surface area contributed by atoms with Crippen molar-refractivity contribution in [2.45, 2.75) is 0 Å². The predicted octanol–water partition coefficient (Wildman–Crippen LogP) is 13.0. The van der Waals surface area contributed by atoms with Gasteiger partial charge < -0.3 is 13.6 Å². The smallest absolute Gasteiger partial charge is 0.145 e. The van der Waals surface area contributed by atoms with Gasteiger partial charge in [0.15, 0.2) is 0 Å². The zero-order valence-corrected chi connectivity index (χ0v) is 28.5. The molecule has 0 saturated heterocycles. The Balaban J connectivity index is 1.27. The lowest BCUT2D eigenvalue weighted by atomic mass is 9.92. The van der Waals surface area contributed by atoms with E-state index in [1.807, 2.05) is 36.4 Å². The maximum Gasteiger partial charge on any atom is 0.145 e. The lowest BCUT2D eigenvalue weighted by molar-refractivity contribution is 0.673. The molecule has 0 atom stereocenters. The molecule has 8 aromatic carbocycles. The fourth-order valence-corrected chi connectivity index (χ4v) is 8.49. The van der Waals surface area contributed by atoms with Crippen molar-refractivity contribution in [1.82, 2.24) is 9.13 Å². The number of benzene rings is 8. The van der Waals surface area contributed by atoms with Gasteiger partial charge in [-0.25, -0.2) is 0 Å². The second-order valence-corrected chi connectivity index (χ2v) is 13.6. The number of rotatable bonds is 4. The zero-order chi connectivity index (χ0) is 35.0. The first-order valence-corrected chi connectivity index (χ1v) is 17.8. The van der Waals surface area contributed by atoms with Crippen LogP contribution >= 0.6 is 0 Å². The van der Waals surface area contributed by atoms with Gasteiger partial charge in [-0.1, -0.05) is 121 Å². The van der Waals surface area contributed by atoms with Gasteiger partial charge in [-0.3, -0.25) is 0 Å². The standard InChI is InChI=1S/C49H29N3O/c50-30-42-35(31-13-2-1-3-14-31)19-12-20-36(42)32-27-33(51-43-21-8-4-15-37(43)38-16-5-9-22-44(38)51)29-34(28-32)52-45-23-10-6-18-41(45)48-46(52)26-25-40-39-17-7-11-24-47(39)53-49(40)48/h1-29H. The Morgan fingerprint density at radius 2 is 0.962 bits per heavy atom. The van der Waals surface area contributed by atoms with E-state index in [4.69, 9.17) is 4.42 Å². The monoisotopic (exact) mass is 675 g/mol. The third-order valence-corrected chi connectivity index (χ3v) is 10.8. The molecule has 0 aliphatic heterocycles. The van der Waals surface area contributed by atoms with Gasteiger partial charge in [-0.2, -0.15) is 5.26 Å². The van der Waals surface area contributed by atoms with E-state index in [9.17, 15) is 5.26 Å². The van der Waals surface area contributed by atoms with Gasteiger partial charge in [0, 0.05) is 49.4 Å². The normalized spacial score (nSPS) is 11.8. The second kappa shape index (κ2) is 11.3. The Hall–Kier alpha value is -7.35. The summed E-state index contributed by atoms with van der Waals surface area (Å²) >= 11 is 0. The van der Waals surface area contributed by atoms with Crippen molar-refractivity contribution in [2.24, 2.45) is 0 Å². The number of para-hydroxylation sites is 4. The van der Waals surface area contributed by atoms with E-state index < -0.39 is 0 Å². The summed E-state index contributed by atoms with van der Waals surface area (Å²) in [6, 6.07) is 64.1. The first-order chi connectivity index (χ1) is 26.3. The van der Waals surface area contributed by atoms with Gasteiger partial charge in [0.05, 0.1) is 33.0 Å². The lowest BCUT2D eigenvalue weighted by Gasteiger charge is -2.17. The summed E-state index contributed by atoms with van der Waals surface area (Å²) in [5, 5.41) is 17.6. The Labute approximate surface area is 304 Å². The summed E-state index contributed by atoms with van der Waals surface area (Å²) in [5.41, 5.74) is 12.6. The number of nitriles is 1. The number of fused-ring (bicyclic) bond motifs is 10. The Morgan fingerprint density at radius 1 is 0.415 bits per heavy atom. The van der Waals surface area contributed by atoms with Gasteiger partial charge in [0.25, 0.3) is 0 Å². The minimum absolute atomic E-state index is 0.648. The number of furan rings is 1. The molecule has 3 heterocycles. The van der Waals surface area contributed by atoms with Gasteiger partial charge in [-0.15, -0.1) is 0 Å². The van der Waals surface area contributed by atoms with Crippen molar-refractivity contribution in [2.75, 3.05) is 0 Å². The highest BCUT2D eigenvalue weighted by Crippen LogP contribution is 2.43. The molecular formula is C49H29N3O. The third-order valence-electron chi connectivity index (χ3n) is 10.8. The van der Waals surface area contributed by atoms with Crippen molar-refractivity contribution in [1.29, 1.82) is 5.26 Å². The highest BCUT2D eigenvalue weighted by Gasteiger charge is 2.21. The van der Waals surface area contributed by atoms with Crippen LogP contribution < -0.4 is 0 Å². The molecule has 0 radical (unpaired) electrons. The van der Waals surface area contributed by atoms with Crippen LogP contribution in [0.2, 0.25) is 0 Å². The van der Waals surface area contributed by atoms with E-state index in [0.29, 0.717) is 5.56 Å². The number of nitrogens with zero attached hydrogens (tertiary/aromatic N) is 3. The van der Waals surface area contributed by atoms with Crippen LogP contribution in [-0.2, 0) is 0 Å². The molecule has 4 heteroatoms. The van der Waals surface area contributed by atoms with Crippen LogP contribution in [0.1, 0.15) is 5.56 Å². The molecular weight excluding hydrogens is 647 g/mol. The average molecular weight is 676 g/mol. The molecule has 3 aromatic heterocycles. The Morgan fingerprint density at radius 3 is 1.64 bits per heavy atom. The van der Waals surface area contributed by atoms with Crippen LogP contribution in [0, 0.1) is 11.3 Å². The number of hydrogen-bond donors (Lipinski definition) is 0. The first kappa shape index (κ1) is 29.4. The van der Waals surface area contributed by atoms with Crippen molar-refractivity contribution >= 4 is 65.6 Å². The van der Waals surface area contributed by atoms with Crippen LogP contribution in [0.25, 0.3) is 99.2 Å². The van der Waals surface area contributed by atoms with E-state index in [-0.39, 0.29) is 0 Å². The molecule has 0 aliphatic rings. The quantitative estimate of drug-likeness (QED) is 0.186. The summed E-state index contributed by atoms with van der Waals surface area (Å²) in [4.78, 5) is 0. The first-order valence-electron chi connectivity index (χ1n) is 17.8. The fraction of sp³-hybridized carbons (Fsp3) is 0. The lowest BCUT2D eigenvalue weighted by Crippen LogP contribution is -2.01. The second-order valence-electron chi connectivity index (χ2n) is 13.6. The Kier molecular flexibility index (Phi) is 6.28. The summed E-state index contributed by atoms with van der Waals surface area (Å²) < 4.78 is 11.3. The topological polar surface area (TPSA) is 46.8 Å². The molecule has 53 heavy (non-hydrogen) atoms. The van der Waals surface area contributed by atoms with E-state index in [2.05, 4.69) is 155 Å². The molecule has 246 valence electrons. The van der Waals surface area contributed by atoms with Gasteiger partial charge >= 0.3 is 0 Å². The van der Waals surface area contributed by atoms with Crippen LogP contribution in [0.15, 0.2) is 180 Å². The molecule has 0 bridgehead atoms. The van der Waals surface area contributed by atoms with Crippen molar-refractivity contribution < 1.29 is 4.42 Å². The van der Waals surface area contributed by atoms with E-state index in [1.165, 1.54) is 10.8 Å². The molecule has 0 fully saturated rings. The molecule has 0 unspecified atom stereocenters. The van der Waals surface area contributed by atoms with Gasteiger partial charge in [0.2, 0.25) is 0 Å². The summed E-state index contributed by atoms with van der Waals surface area (Å²) in [7, 11) is 0. The van der Waals surface area contributed by atoms with Crippen molar-refractivity contribution in [3.63, 3.8) is 0 Å². The van der Waals surface area contributed by atoms with Crippen molar-refractivity contribution in [3.05, 3.63) is 181 Å². The minimum atomic E-state index is 0.648. The highest BCUT2D eigenvalue weighted by molar-refractivity contribution is 6.24. The largest absolute Gasteiger partial charge is 0.455 e. The molecule has 11 aromatic rings. The minimum Gasteiger partial charge on any atom is -0.455 e. The molecule has 11 rings (SSSR count). The van der Waals surface area contributed by atoms with E-state index in [0.717, 1.165) is 88.4 Å². The van der Waals surface area contributed by atoms with Crippen LogP contribution in [-0.4, -0.2) is 9.13 Å². The summed E-state index contributed by atoms with van der Waals surface area (Å²) in [6.45, 7) is 0. The fourth-order valence-electron chi connectivity index (χ4n) is 8.49. The van der Waals surface area contributed by atoms with E-state index >= 15 is 0 Å². The molecule has 4 nitrogen and oxygen atoms in total. The molecule has 0 spiro atoms. The number of aromatic nitrogens is 2. The average Bonchev–Trinajstić information content (AvgIpc) is 3.88. The molecule has 0 aliphatic carbocycles. The maximum absolute atomic E-state index is 10.8. The van der Waals surface area contributed by atoms with Crippen LogP contribution in [0.3, 0.4) is 0 Å². The molecule has 0 saturated carbocycles. The van der Waals surface area contributed by atoms with Crippen LogP contribution in [0.5, 0.6) is 0 Å². The summed E-state index contributed by atoms with van der Waals surface area (Å²) in [6.07, 6.45) is 0. The van der Waals surface area contributed by atoms with Gasteiger partial charge in [-0.05, 0) is 65.7 Å². The SMILES string of the molecule is N#Cc1c(-c2ccccc2)cccc1-c1cc(-n2c3ccccc3c3ccccc32)cc(-n2c3ccccc3c3c4oc5ccccc5c4ccc32)c1. The maximum atomic E-state index is 10.8. The molecule has 0 amide bonds. The van der Waals surface area contributed by atoms with E-state index in [1.54, 1.807) is 0 Å². The third kappa shape index (κ3) is 4.29. The van der Waals surface area contributed by atoms with Crippen molar-refractivity contribution in [3.8, 4) is 39.7 Å². The van der Waals surface area contributed by atoms with Crippen LogP contribution in [0.4, 0.5) is 0 Å². The predicted molar refractivity (Wildman–Crippen MR) is 218 cm³/mol. The molecule has 0 N–H and O–H groups in total. The highest BCUT2D eigenvalue weighted by atomic mass is 16.3. The number of hydrogen-bond acceptors (Lipinski definition) is 2. The zero-order valence-electron chi connectivity index (χ0n) is 28.5. The Bertz CT molecular complexity index is 3250. The summed E-state index contributed by atoms with van der Waals surface area (Å²) in [5.74, 6) is 0. The van der Waals surface area contributed by atoms with Gasteiger partial charge in [0.1, 0.15) is 17.2 Å².